The van der Waals surface area contributed by atoms with Gasteiger partial charge < -0.3 is 5.32 Å². The Morgan fingerprint density at radius 2 is 2.33 bits per heavy atom. The molecular formula is C7H7IN4. The van der Waals surface area contributed by atoms with Crippen molar-refractivity contribution in [2.45, 2.75) is 0 Å². The first-order chi connectivity index (χ1) is 5.83. The molecule has 1 N–H and O–H groups in total. The molecule has 2 rings (SSSR count). The normalized spacial score (nSPS) is 10.5. The highest BCUT2D eigenvalue weighted by molar-refractivity contribution is 14.1. The third-order valence-corrected chi connectivity index (χ3v) is 2.45. The number of aromatic nitrogens is 3. The number of anilines is 1. The third kappa shape index (κ3) is 1.04. The van der Waals surface area contributed by atoms with E-state index >= 15 is 0 Å². The van der Waals surface area contributed by atoms with E-state index in [2.05, 4.69) is 38.1 Å². The molecule has 4 nitrogen and oxygen atoms in total. The summed E-state index contributed by atoms with van der Waals surface area (Å²) in [4.78, 5) is 8.25. The van der Waals surface area contributed by atoms with Gasteiger partial charge in [-0.1, -0.05) is 0 Å². The van der Waals surface area contributed by atoms with Gasteiger partial charge in [-0.2, -0.15) is 0 Å². The molecule has 0 aliphatic carbocycles. The summed E-state index contributed by atoms with van der Waals surface area (Å²) in [5.41, 5.74) is 0.940. The maximum atomic E-state index is 4.15. The Morgan fingerprint density at radius 1 is 1.50 bits per heavy atom. The van der Waals surface area contributed by atoms with Crippen LogP contribution in [0.25, 0.3) is 11.0 Å². The van der Waals surface area contributed by atoms with Gasteiger partial charge >= 0.3 is 0 Å². The van der Waals surface area contributed by atoms with Gasteiger partial charge in [-0.3, -0.25) is 2.78 Å². The molecule has 0 bridgehead atoms. The number of halogens is 1. The summed E-state index contributed by atoms with van der Waals surface area (Å²) in [5, 5.41) is 4.07. The summed E-state index contributed by atoms with van der Waals surface area (Å²) in [5.74, 6) is 0.871. The first-order valence-corrected chi connectivity index (χ1v) is 4.45. The molecule has 0 aromatic carbocycles. The smallest absolute Gasteiger partial charge is 0.154 e. The van der Waals surface area contributed by atoms with Crippen LogP contribution in [0.2, 0.25) is 0 Å². The summed E-state index contributed by atoms with van der Waals surface area (Å²) in [6, 6.07) is 1.99. The lowest BCUT2D eigenvalue weighted by atomic mass is 10.4. The average Bonchev–Trinajstić information content (AvgIpc) is 2.48. The molecule has 0 saturated carbocycles. The van der Waals surface area contributed by atoms with E-state index in [0.29, 0.717) is 0 Å². The van der Waals surface area contributed by atoms with Gasteiger partial charge in [-0.25, -0.2) is 9.97 Å². The summed E-state index contributed by atoms with van der Waals surface area (Å²) in [7, 11) is 1.85. The van der Waals surface area contributed by atoms with E-state index in [1.165, 1.54) is 0 Å². The van der Waals surface area contributed by atoms with Crippen molar-refractivity contribution in [2.75, 3.05) is 12.4 Å². The van der Waals surface area contributed by atoms with E-state index in [4.69, 9.17) is 0 Å². The fourth-order valence-corrected chi connectivity index (χ4v) is 1.67. The molecule has 0 aliphatic heterocycles. The summed E-state index contributed by atoms with van der Waals surface area (Å²) < 4.78 is 1.94. The maximum absolute atomic E-state index is 4.15. The maximum Gasteiger partial charge on any atom is 0.154 e. The highest BCUT2D eigenvalue weighted by Gasteiger charge is 2.04. The van der Waals surface area contributed by atoms with E-state index in [0.717, 1.165) is 16.9 Å². The van der Waals surface area contributed by atoms with Gasteiger partial charge in [0.2, 0.25) is 0 Å². The fraction of sp³-hybridized carbons (Fsp3) is 0.143. The molecule has 0 aliphatic rings. The Hall–Kier alpha value is -0.850. The molecule has 0 atom stereocenters. The quantitative estimate of drug-likeness (QED) is 0.804. The van der Waals surface area contributed by atoms with Crippen LogP contribution >= 0.6 is 22.9 Å². The van der Waals surface area contributed by atoms with Gasteiger partial charge in [0.1, 0.15) is 12.1 Å². The van der Waals surface area contributed by atoms with Crippen molar-refractivity contribution in [1.29, 1.82) is 0 Å². The Labute approximate surface area is 83.5 Å². The number of hydrogen-bond acceptors (Lipinski definition) is 3. The molecule has 2 aromatic heterocycles. The van der Waals surface area contributed by atoms with Crippen LogP contribution < -0.4 is 5.32 Å². The second kappa shape index (κ2) is 2.89. The van der Waals surface area contributed by atoms with Crippen molar-refractivity contribution in [3.05, 3.63) is 18.6 Å². The molecule has 0 unspecified atom stereocenters. The van der Waals surface area contributed by atoms with E-state index in [1.807, 2.05) is 22.1 Å². The van der Waals surface area contributed by atoms with Crippen molar-refractivity contribution in [3.8, 4) is 0 Å². The van der Waals surface area contributed by atoms with Crippen LogP contribution in [-0.2, 0) is 0 Å². The second-order valence-electron chi connectivity index (χ2n) is 2.34. The van der Waals surface area contributed by atoms with Gasteiger partial charge in [-0.15, -0.1) is 0 Å². The number of nitrogens with one attached hydrogen (secondary N) is 1. The Bertz CT molecular complexity index is 409. The minimum absolute atomic E-state index is 0.871. The Kier molecular flexibility index (Phi) is 1.87. The van der Waals surface area contributed by atoms with Crippen molar-refractivity contribution in [2.24, 2.45) is 0 Å². The SMILES string of the molecule is CNc1ncnc2c1ccn2I. The van der Waals surface area contributed by atoms with Crippen molar-refractivity contribution in [3.63, 3.8) is 0 Å². The zero-order chi connectivity index (χ0) is 8.55. The van der Waals surface area contributed by atoms with Gasteiger partial charge in [-0.05, 0) is 6.07 Å². The fourth-order valence-electron chi connectivity index (χ4n) is 1.12. The monoisotopic (exact) mass is 274 g/mol. The molecule has 12 heavy (non-hydrogen) atoms. The third-order valence-electron chi connectivity index (χ3n) is 1.67. The van der Waals surface area contributed by atoms with E-state index in [9.17, 15) is 0 Å². The standard InChI is InChI=1S/C7H7IN4/c1-9-6-5-2-3-12(8)7(5)11-4-10-6/h2-4H,1H3,(H,9,10,11). The van der Waals surface area contributed by atoms with Crippen LogP contribution in [0.5, 0.6) is 0 Å². The first-order valence-electron chi connectivity index (χ1n) is 3.49. The van der Waals surface area contributed by atoms with Crippen molar-refractivity contribution >= 4 is 39.7 Å². The number of rotatable bonds is 1. The highest BCUT2D eigenvalue weighted by atomic mass is 127. The average molecular weight is 274 g/mol. The van der Waals surface area contributed by atoms with E-state index < -0.39 is 0 Å². The van der Waals surface area contributed by atoms with E-state index in [-0.39, 0.29) is 0 Å². The molecule has 2 aromatic rings. The van der Waals surface area contributed by atoms with Gasteiger partial charge in [0.25, 0.3) is 0 Å². The number of fused-ring (bicyclic) bond motifs is 1. The largest absolute Gasteiger partial charge is 0.372 e. The van der Waals surface area contributed by atoms with Crippen LogP contribution in [0.15, 0.2) is 18.6 Å². The molecule has 0 saturated heterocycles. The molecule has 0 amide bonds. The molecule has 0 fully saturated rings. The topological polar surface area (TPSA) is 42.7 Å². The number of hydrogen-bond donors (Lipinski definition) is 1. The van der Waals surface area contributed by atoms with Crippen molar-refractivity contribution in [1.82, 2.24) is 12.7 Å². The van der Waals surface area contributed by atoms with E-state index in [1.54, 1.807) is 6.33 Å². The molecule has 0 radical (unpaired) electrons. The van der Waals surface area contributed by atoms with Crippen LogP contribution in [0.4, 0.5) is 5.82 Å². The molecular weight excluding hydrogens is 267 g/mol. The lowest BCUT2D eigenvalue weighted by Crippen LogP contribution is -1.93. The minimum atomic E-state index is 0.871. The molecule has 62 valence electrons. The lowest BCUT2D eigenvalue weighted by Gasteiger charge is -1.98. The van der Waals surface area contributed by atoms with Crippen LogP contribution in [0.1, 0.15) is 0 Å². The summed E-state index contributed by atoms with van der Waals surface area (Å²) in [6.07, 6.45) is 3.52. The second-order valence-corrected chi connectivity index (χ2v) is 3.38. The van der Waals surface area contributed by atoms with Crippen LogP contribution in [-0.4, -0.2) is 19.8 Å². The molecule has 5 heteroatoms. The van der Waals surface area contributed by atoms with Gasteiger partial charge in [0.05, 0.1) is 28.3 Å². The highest BCUT2D eigenvalue weighted by Crippen LogP contribution is 2.20. The predicted octanol–water partition coefficient (Wildman–Crippen LogP) is 1.67. The molecule has 0 spiro atoms. The van der Waals surface area contributed by atoms with Gasteiger partial charge in [0.15, 0.2) is 5.65 Å². The lowest BCUT2D eigenvalue weighted by molar-refractivity contribution is 1.18. The van der Waals surface area contributed by atoms with Crippen LogP contribution in [0, 0.1) is 0 Å². The first kappa shape index (κ1) is 7.78. The zero-order valence-electron chi connectivity index (χ0n) is 6.45. The summed E-state index contributed by atoms with van der Waals surface area (Å²) in [6.45, 7) is 0. The zero-order valence-corrected chi connectivity index (χ0v) is 8.61. The predicted molar refractivity (Wildman–Crippen MR) is 56.5 cm³/mol. The number of nitrogens with zero attached hydrogens (tertiary/aromatic N) is 3. The van der Waals surface area contributed by atoms with Crippen LogP contribution in [0.3, 0.4) is 0 Å². The van der Waals surface area contributed by atoms with Crippen molar-refractivity contribution < 1.29 is 0 Å². The Morgan fingerprint density at radius 3 is 3.08 bits per heavy atom. The summed E-state index contributed by atoms with van der Waals surface area (Å²) >= 11 is 2.18. The Balaban J connectivity index is 2.81. The minimum Gasteiger partial charge on any atom is -0.372 e. The molecule has 2 heterocycles. The van der Waals surface area contributed by atoms with Gasteiger partial charge in [0, 0.05) is 13.2 Å².